The Hall–Kier alpha value is -3.60. The Morgan fingerprint density at radius 1 is 1.41 bits per heavy atom. The molecule has 27 heavy (non-hydrogen) atoms. The van der Waals surface area contributed by atoms with Crippen LogP contribution in [-0.4, -0.2) is 28.9 Å². The maximum atomic E-state index is 14.8. The fourth-order valence-electron chi connectivity index (χ4n) is 2.88. The van der Waals surface area contributed by atoms with Crippen molar-refractivity contribution >= 4 is 17.4 Å². The molecule has 0 aliphatic carbocycles. The Labute approximate surface area is 155 Å². The number of nitrogens with one attached hydrogen (secondary N) is 1. The van der Waals surface area contributed by atoms with Crippen LogP contribution in [0.15, 0.2) is 30.5 Å². The monoisotopic (exact) mass is 367 g/mol. The molecule has 2 aromatic heterocycles. The number of fused-ring (bicyclic) bond motifs is 1. The van der Waals surface area contributed by atoms with Crippen LogP contribution >= 0.6 is 0 Å². The molecule has 3 N–H and O–H groups in total. The summed E-state index contributed by atoms with van der Waals surface area (Å²) in [5.41, 5.74) is 6.74. The first-order chi connectivity index (χ1) is 13.0. The minimum atomic E-state index is -0.603. The fourth-order valence-corrected chi connectivity index (χ4v) is 2.88. The number of carbonyl (C=O) groups excluding carboxylic acids is 1. The maximum absolute atomic E-state index is 14.8. The number of nitriles is 1. The molecule has 0 fully saturated rings. The largest absolute Gasteiger partial charge is 0.496 e. The number of ether oxygens (including phenoxy) is 1. The van der Waals surface area contributed by atoms with Crippen molar-refractivity contribution in [1.29, 1.82) is 5.26 Å². The van der Waals surface area contributed by atoms with Gasteiger partial charge in [0.05, 0.1) is 24.3 Å². The number of halogens is 1. The number of nitrogen functional groups attached to an aromatic ring is 1. The van der Waals surface area contributed by atoms with Gasteiger partial charge in [-0.15, -0.1) is 0 Å². The van der Waals surface area contributed by atoms with E-state index in [4.69, 9.17) is 10.5 Å². The molecular formula is C19H18FN5O2. The topological polar surface area (TPSA) is 105 Å². The van der Waals surface area contributed by atoms with Crippen molar-refractivity contribution in [3.05, 3.63) is 47.5 Å². The summed E-state index contributed by atoms with van der Waals surface area (Å²) in [6.45, 7) is 2.39. The molecule has 0 saturated heterocycles. The van der Waals surface area contributed by atoms with Crippen LogP contribution in [0.5, 0.6) is 5.75 Å². The van der Waals surface area contributed by atoms with E-state index in [1.165, 1.54) is 23.8 Å². The van der Waals surface area contributed by atoms with Crippen LogP contribution in [0.3, 0.4) is 0 Å². The van der Waals surface area contributed by atoms with Gasteiger partial charge in [0, 0.05) is 18.3 Å². The van der Waals surface area contributed by atoms with Crippen LogP contribution < -0.4 is 15.8 Å². The van der Waals surface area contributed by atoms with Crippen molar-refractivity contribution in [2.75, 3.05) is 19.4 Å². The highest BCUT2D eigenvalue weighted by Gasteiger charge is 2.24. The summed E-state index contributed by atoms with van der Waals surface area (Å²) in [4.78, 5) is 16.6. The second-order valence-corrected chi connectivity index (χ2v) is 5.83. The van der Waals surface area contributed by atoms with E-state index in [1.54, 1.807) is 18.2 Å². The number of aromatic nitrogens is 2. The molecule has 1 aromatic carbocycles. The lowest BCUT2D eigenvalue weighted by molar-refractivity contribution is 0.0950. The summed E-state index contributed by atoms with van der Waals surface area (Å²) in [5.74, 6) is -0.633. The molecule has 1 amide bonds. The number of pyridine rings is 1. The highest BCUT2D eigenvalue weighted by molar-refractivity contribution is 5.99. The Balaban J connectivity index is 2.31. The van der Waals surface area contributed by atoms with E-state index in [1.807, 2.05) is 13.0 Å². The number of methoxy groups -OCH3 is 1. The molecule has 0 spiro atoms. The number of nitrogens with two attached hydrogens (primary N) is 1. The Kier molecular flexibility index (Phi) is 4.94. The number of hydrogen-bond donors (Lipinski definition) is 2. The highest BCUT2D eigenvalue weighted by Crippen LogP contribution is 2.38. The first-order valence-corrected chi connectivity index (χ1v) is 8.35. The van der Waals surface area contributed by atoms with Crippen LogP contribution in [0.2, 0.25) is 0 Å². The summed E-state index contributed by atoms with van der Waals surface area (Å²) in [6, 6.07) is 8.07. The predicted octanol–water partition coefficient (Wildman–Crippen LogP) is 2.74. The van der Waals surface area contributed by atoms with Gasteiger partial charge >= 0.3 is 0 Å². The molecule has 0 aliphatic heterocycles. The van der Waals surface area contributed by atoms with Crippen LogP contribution in [0.1, 0.15) is 29.4 Å². The first kappa shape index (κ1) is 18.2. The van der Waals surface area contributed by atoms with E-state index in [0.29, 0.717) is 12.3 Å². The van der Waals surface area contributed by atoms with Crippen molar-refractivity contribution in [3.8, 4) is 22.9 Å². The Morgan fingerprint density at radius 2 is 2.19 bits per heavy atom. The van der Waals surface area contributed by atoms with E-state index in [0.717, 1.165) is 6.42 Å². The number of hydrogen-bond acceptors (Lipinski definition) is 5. The van der Waals surface area contributed by atoms with Crippen molar-refractivity contribution in [1.82, 2.24) is 14.7 Å². The molecule has 7 nitrogen and oxygen atoms in total. The molecule has 0 unspecified atom stereocenters. The molecule has 138 valence electrons. The molecule has 3 aromatic rings. The maximum Gasteiger partial charge on any atom is 0.273 e. The number of benzene rings is 1. The second kappa shape index (κ2) is 7.33. The number of carbonyl (C=O) groups is 1. The molecule has 0 radical (unpaired) electrons. The third kappa shape index (κ3) is 3.04. The lowest BCUT2D eigenvalue weighted by atomic mass is 9.99. The minimum absolute atomic E-state index is 0.00343. The van der Waals surface area contributed by atoms with Crippen molar-refractivity contribution in [2.45, 2.75) is 13.3 Å². The van der Waals surface area contributed by atoms with Crippen molar-refractivity contribution < 1.29 is 13.9 Å². The smallest absolute Gasteiger partial charge is 0.273 e. The Morgan fingerprint density at radius 3 is 2.85 bits per heavy atom. The quantitative estimate of drug-likeness (QED) is 0.721. The molecule has 3 rings (SSSR count). The molecular weight excluding hydrogens is 349 g/mol. The molecule has 0 bridgehead atoms. The van der Waals surface area contributed by atoms with Crippen molar-refractivity contribution in [2.24, 2.45) is 0 Å². The van der Waals surface area contributed by atoms with Gasteiger partial charge in [0.15, 0.2) is 5.69 Å². The zero-order valence-corrected chi connectivity index (χ0v) is 14.9. The summed E-state index contributed by atoms with van der Waals surface area (Å²) >= 11 is 0. The number of rotatable bonds is 5. The van der Waals surface area contributed by atoms with Gasteiger partial charge in [0.2, 0.25) is 0 Å². The van der Waals surface area contributed by atoms with Crippen LogP contribution in [-0.2, 0) is 0 Å². The zero-order chi connectivity index (χ0) is 19.6. The highest BCUT2D eigenvalue weighted by atomic mass is 19.1. The van der Waals surface area contributed by atoms with Crippen molar-refractivity contribution in [3.63, 3.8) is 0 Å². The van der Waals surface area contributed by atoms with Gasteiger partial charge in [0.25, 0.3) is 5.91 Å². The average Bonchev–Trinajstić information content (AvgIpc) is 3.02. The average molecular weight is 367 g/mol. The van der Waals surface area contributed by atoms with Crippen LogP contribution in [0, 0.1) is 17.1 Å². The van der Waals surface area contributed by atoms with Crippen LogP contribution in [0.25, 0.3) is 16.8 Å². The SMILES string of the molecule is CCCNC(=O)c1nc2c(-c3c(C#N)cccc3OC)c(F)ccn2c1N. The number of nitrogens with zero attached hydrogens (tertiary/aromatic N) is 3. The third-order valence-corrected chi connectivity index (χ3v) is 4.15. The third-order valence-electron chi connectivity index (χ3n) is 4.15. The molecule has 0 atom stereocenters. The summed E-state index contributed by atoms with van der Waals surface area (Å²) in [5, 5.41) is 12.2. The Bertz CT molecular complexity index is 1070. The zero-order valence-electron chi connectivity index (χ0n) is 14.9. The predicted molar refractivity (Wildman–Crippen MR) is 98.9 cm³/mol. The lowest BCUT2D eigenvalue weighted by Gasteiger charge is -2.12. The standard InChI is InChI=1S/C19H18FN5O2/c1-3-8-23-19(26)16-17(22)25-9-7-12(20)15(18(25)24-16)14-11(10-21)5-4-6-13(14)27-2/h4-7,9H,3,8,22H2,1-2H3,(H,23,26). The van der Waals surface area contributed by atoms with Gasteiger partial charge in [-0.1, -0.05) is 13.0 Å². The van der Waals surface area contributed by atoms with Gasteiger partial charge in [-0.25, -0.2) is 9.37 Å². The van der Waals surface area contributed by atoms with E-state index in [9.17, 15) is 14.4 Å². The molecule has 0 aliphatic rings. The van der Waals surface area contributed by atoms with Crippen LogP contribution in [0.4, 0.5) is 10.2 Å². The normalized spacial score (nSPS) is 10.6. The first-order valence-electron chi connectivity index (χ1n) is 8.35. The number of amides is 1. The van der Waals surface area contributed by atoms with E-state index >= 15 is 0 Å². The van der Waals surface area contributed by atoms with Gasteiger partial charge in [-0.3, -0.25) is 9.20 Å². The number of imidazole rings is 1. The van der Waals surface area contributed by atoms with Gasteiger partial charge < -0.3 is 15.8 Å². The molecule has 0 saturated carbocycles. The second-order valence-electron chi connectivity index (χ2n) is 5.83. The van der Waals surface area contributed by atoms with Gasteiger partial charge in [-0.05, 0) is 24.6 Å². The lowest BCUT2D eigenvalue weighted by Crippen LogP contribution is -2.25. The van der Waals surface area contributed by atoms with Gasteiger partial charge in [0.1, 0.15) is 23.0 Å². The molecule has 8 heteroatoms. The fraction of sp³-hybridized carbons (Fsp3) is 0.211. The van der Waals surface area contributed by atoms with Gasteiger partial charge in [-0.2, -0.15) is 5.26 Å². The summed E-state index contributed by atoms with van der Waals surface area (Å²) in [6.07, 6.45) is 2.15. The van der Waals surface area contributed by atoms with E-state index < -0.39 is 11.7 Å². The summed E-state index contributed by atoms with van der Waals surface area (Å²) < 4.78 is 21.6. The van der Waals surface area contributed by atoms with E-state index in [-0.39, 0.29) is 33.8 Å². The van der Waals surface area contributed by atoms with E-state index in [2.05, 4.69) is 10.3 Å². The molecule has 2 heterocycles. The number of anilines is 1. The minimum Gasteiger partial charge on any atom is -0.496 e. The summed E-state index contributed by atoms with van der Waals surface area (Å²) in [7, 11) is 1.43.